The predicted octanol–water partition coefficient (Wildman–Crippen LogP) is 1.54. The Morgan fingerprint density at radius 3 is 2.72 bits per heavy atom. The molecule has 0 aliphatic rings. The molecule has 1 aromatic heterocycles. The van der Waals surface area contributed by atoms with Gasteiger partial charge in [-0.2, -0.15) is 0 Å². The van der Waals surface area contributed by atoms with Crippen molar-refractivity contribution in [2.75, 3.05) is 18.5 Å². The number of anilines is 1. The molecular weight excluding hydrogens is 236 g/mol. The number of ether oxygens (including phenoxy) is 1. The van der Waals surface area contributed by atoms with E-state index >= 15 is 0 Å². The summed E-state index contributed by atoms with van der Waals surface area (Å²) in [5, 5.41) is 11.3. The molecule has 1 rings (SSSR count). The van der Waals surface area contributed by atoms with Gasteiger partial charge in [-0.25, -0.2) is 9.78 Å². The minimum Gasteiger partial charge on any atom is -0.477 e. The number of carbonyl (C=O) groups excluding carboxylic acids is 1. The van der Waals surface area contributed by atoms with Crippen LogP contribution in [0.1, 0.15) is 30.3 Å². The number of carbonyl (C=O) groups is 2. The first-order valence-electron chi connectivity index (χ1n) is 5.70. The molecule has 0 aromatic carbocycles. The van der Waals surface area contributed by atoms with Gasteiger partial charge in [0.05, 0.1) is 24.9 Å². The first-order chi connectivity index (χ1) is 8.63. The van der Waals surface area contributed by atoms with Crippen LogP contribution in [0.2, 0.25) is 0 Å². The number of nitrogens with zero attached hydrogens (tertiary/aromatic N) is 1. The van der Waals surface area contributed by atoms with Crippen molar-refractivity contribution in [1.29, 1.82) is 0 Å². The number of carboxylic acid groups (broad SMARTS) is 1. The molecule has 0 saturated heterocycles. The van der Waals surface area contributed by atoms with Crippen molar-refractivity contribution in [3.8, 4) is 0 Å². The fourth-order valence-electron chi connectivity index (χ4n) is 1.23. The molecule has 0 bridgehead atoms. The molecule has 1 aromatic rings. The number of carboxylic acids is 1. The van der Waals surface area contributed by atoms with Crippen molar-refractivity contribution < 1.29 is 19.4 Å². The molecule has 2 N–H and O–H groups in total. The number of aromatic carboxylic acids is 1. The van der Waals surface area contributed by atoms with Crippen LogP contribution in [0.15, 0.2) is 18.3 Å². The standard InChI is InChI=1S/C12H16N2O4/c1-2-6-18-7-5-11(15)14-9-3-4-10(12(16)17)13-8-9/h3-4,8H,2,5-7H2,1H3,(H,14,15)(H,16,17). The lowest BCUT2D eigenvalue weighted by Gasteiger charge is -2.05. The van der Waals surface area contributed by atoms with Gasteiger partial charge in [-0.05, 0) is 18.6 Å². The highest BCUT2D eigenvalue weighted by Crippen LogP contribution is 2.06. The number of hydrogen-bond donors (Lipinski definition) is 2. The molecule has 1 amide bonds. The normalized spacial score (nSPS) is 10.1. The van der Waals surface area contributed by atoms with Crippen molar-refractivity contribution in [3.63, 3.8) is 0 Å². The summed E-state index contributed by atoms with van der Waals surface area (Å²) in [5.74, 6) is -1.28. The molecule has 0 aliphatic carbocycles. The fourth-order valence-corrected chi connectivity index (χ4v) is 1.23. The molecule has 6 nitrogen and oxygen atoms in total. The number of nitrogens with one attached hydrogen (secondary N) is 1. The fraction of sp³-hybridized carbons (Fsp3) is 0.417. The van der Waals surface area contributed by atoms with Gasteiger partial charge in [0.25, 0.3) is 0 Å². The first-order valence-corrected chi connectivity index (χ1v) is 5.70. The van der Waals surface area contributed by atoms with E-state index in [1.54, 1.807) is 0 Å². The third kappa shape index (κ3) is 4.92. The van der Waals surface area contributed by atoms with Gasteiger partial charge in [0.2, 0.25) is 5.91 Å². The molecule has 0 atom stereocenters. The predicted molar refractivity (Wildman–Crippen MR) is 65.6 cm³/mol. The zero-order chi connectivity index (χ0) is 13.4. The summed E-state index contributed by atoms with van der Waals surface area (Å²) in [6, 6.07) is 2.84. The van der Waals surface area contributed by atoms with Crippen LogP contribution >= 0.6 is 0 Å². The molecule has 1 heterocycles. The van der Waals surface area contributed by atoms with Crippen LogP contribution in [0.25, 0.3) is 0 Å². The van der Waals surface area contributed by atoms with Gasteiger partial charge < -0.3 is 15.2 Å². The Bertz CT molecular complexity index is 403. The molecule has 0 saturated carbocycles. The summed E-state index contributed by atoms with van der Waals surface area (Å²) < 4.78 is 5.19. The SMILES string of the molecule is CCCOCCC(=O)Nc1ccc(C(=O)O)nc1. The van der Waals surface area contributed by atoms with Crippen LogP contribution in [-0.2, 0) is 9.53 Å². The van der Waals surface area contributed by atoms with Crippen LogP contribution in [0.4, 0.5) is 5.69 Å². The van der Waals surface area contributed by atoms with Crippen LogP contribution in [0.5, 0.6) is 0 Å². The average Bonchev–Trinajstić information content (AvgIpc) is 2.35. The Balaban J connectivity index is 2.37. The van der Waals surface area contributed by atoms with Crippen molar-refractivity contribution in [2.45, 2.75) is 19.8 Å². The van der Waals surface area contributed by atoms with E-state index in [2.05, 4.69) is 10.3 Å². The Morgan fingerprint density at radius 1 is 1.39 bits per heavy atom. The summed E-state index contributed by atoms with van der Waals surface area (Å²) in [6.45, 7) is 3.01. The van der Waals surface area contributed by atoms with Crippen molar-refractivity contribution in [3.05, 3.63) is 24.0 Å². The lowest BCUT2D eigenvalue weighted by Crippen LogP contribution is -2.14. The Hall–Kier alpha value is -1.95. The number of rotatable bonds is 7. The number of hydrogen-bond acceptors (Lipinski definition) is 4. The van der Waals surface area contributed by atoms with E-state index in [1.165, 1.54) is 18.3 Å². The second kappa shape index (κ2) is 7.39. The molecule has 0 spiro atoms. The van der Waals surface area contributed by atoms with Crippen LogP contribution in [0, 0.1) is 0 Å². The van der Waals surface area contributed by atoms with E-state index in [-0.39, 0.29) is 18.0 Å². The van der Waals surface area contributed by atoms with Gasteiger partial charge in [0.1, 0.15) is 5.69 Å². The maximum absolute atomic E-state index is 11.5. The molecule has 0 fully saturated rings. The highest BCUT2D eigenvalue weighted by atomic mass is 16.5. The van der Waals surface area contributed by atoms with E-state index in [4.69, 9.17) is 9.84 Å². The van der Waals surface area contributed by atoms with Crippen LogP contribution in [0.3, 0.4) is 0 Å². The summed E-state index contributed by atoms with van der Waals surface area (Å²) in [6.07, 6.45) is 2.50. The Labute approximate surface area is 105 Å². The van der Waals surface area contributed by atoms with Gasteiger partial charge in [-0.1, -0.05) is 6.92 Å². The molecule has 0 aliphatic heterocycles. The van der Waals surface area contributed by atoms with E-state index in [0.717, 1.165) is 6.42 Å². The lowest BCUT2D eigenvalue weighted by atomic mass is 10.3. The maximum atomic E-state index is 11.5. The Morgan fingerprint density at radius 2 is 2.17 bits per heavy atom. The van der Waals surface area contributed by atoms with E-state index < -0.39 is 5.97 Å². The quantitative estimate of drug-likeness (QED) is 0.718. The summed E-state index contributed by atoms with van der Waals surface area (Å²) in [5.41, 5.74) is 0.416. The topological polar surface area (TPSA) is 88.5 Å². The molecule has 6 heteroatoms. The second-order valence-electron chi connectivity index (χ2n) is 3.65. The molecule has 18 heavy (non-hydrogen) atoms. The maximum Gasteiger partial charge on any atom is 0.354 e. The van der Waals surface area contributed by atoms with Gasteiger partial charge >= 0.3 is 5.97 Å². The summed E-state index contributed by atoms with van der Waals surface area (Å²) >= 11 is 0. The molecule has 0 radical (unpaired) electrons. The Kier molecular flexibility index (Phi) is 5.79. The van der Waals surface area contributed by atoms with Crippen LogP contribution < -0.4 is 5.32 Å². The van der Waals surface area contributed by atoms with Crippen molar-refractivity contribution in [1.82, 2.24) is 4.98 Å². The largest absolute Gasteiger partial charge is 0.477 e. The number of pyridine rings is 1. The zero-order valence-corrected chi connectivity index (χ0v) is 10.2. The van der Waals surface area contributed by atoms with E-state index in [9.17, 15) is 9.59 Å². The van der Waals surface area contributed by atoms with Gasteiger partial charge in [-0.15, -0.1) is 0 Å². The van der Waals surface area contributed by atoms with Gasteiger partial charge in [0, 0.05) is 6.61 Å². The smallest absolute Gasteiger partial charge is 0.354 e. The number of aromatic nitrogens is 1. The molecule has 98 valence electrons. The highest BCUT2D eigenvalue weighted by Gasteiger charge is 2.05. The average molecular weight is 252 g/mol. The zero-order valence-electron chi connectivity index (χ0n) is 10.2. The van der Waals surface area contributed by atoms with Crippen molar-refractivity contribution in [2.24, 2.45) is 0 Å². The van der Waals surface area contributed by atoms with Crippen molar-refractivity contribution >= 4 is 17.6 Å². The summed E-state index contributed by atoms with van der Waals surface area (Å²) in [4.78, 5) is 25.7. The molecule has 0 unspecified atom stereocenters. The van der Waals surface area contributed by atoms with E-state index in [1.807, 2.05) is 6.92 Å². The third-order valence-corrected chi connectivity index (χ3v) is 2.09. The number of amides is 1. The van der Waals surface area contributed by atoms with E-state index in [0.29, 0.717) is 18.9 Å². The lowest BCUT2D eigenvalue weighted by molar-refractivity contribution is -0.117. The highest BCUT2D eigenvalue weighted by molar-refractivity contribution is 5.91. The second-order valence-corrected chi connectivity index (χ2v) is 3.65. The minimum atomic E-state index is -1.10. The van der Waals surface area contributed by atoms with Gasteiger partial charge in [-0.3, -0.25) is 4.79 Å². The van der Waals surface area contributed by atoms with Crippen LogP contribution in [-0.4, -0.2) is 35.2 Å². The minimum absolute atomic E-state index is 0.0562. The molecular formula is C12H16N2O4. The first kappa shape index (κ1) is 14.1. The monoisotopic (exact) mass is 252 g/mol. The van der Waals surface area contributed by atoms with Gasteiger partial charge in [0.15, 0.2) is 0 Å². The third-order valence-electron chi connectivity index (χ3n) is 2.09. The summed E-state index contributed by atoms with van der Waals surface area (Å²) in [7, 11) is 0.